The third-order valence-electron chi connectivity index (χ3n) is 2.99. The van der Waals surface area contributed by atoms with E-state index in [0.29, 0.717) is 17.0 Å². The van der Waals surface area contributed by atoms with E-state index in [4.69, 9.17) is 0 Å². The van der Waals surface area contributed by atoms with Crippen molar-refractivity contribution in [3.8, 4) is 11.1 Å². The fourth-order valence-electron chi connectivity index (χ4n) is 1.90. The molecule has 2 heteroatoms. The van der Waals surface area contributed by atoms with Crippen LogP contribution in [-0.4, -0.2) is 6.29 Å². The van der Waals surface area contributed by atoms with Gasteiger partial charge in [0.25, 0.3) is 0 Å². The van der Waals surface area contributed by atoms with Crippen LogP contribution in [0.25, 0.3) is 11.1 Å². The summed E-state index contributed by atoms with van der Waals surface area (Å²) >= 11 is 0. The molecule has 2 aromatic carbocycles. The van der Waals surface area contributed by atoms with Crippen LogP contribution in [-0.2, 0) is 0 Å². The predicted octanol–water partition coefficient (Wildman–Crippen LogP) is 4.43. The first-order valence-electron chi connectivity index (χ1n) is 5.97. The average molecular weight is 242 g/mol. The zero-order valence-electron chi connectivity index (χ0n) is 10.5. The number of hydrogen-bond acceptors (Lipinski definition) is 1. The maximum absolute atomic E-state index is 13.8. The van der Waals surface area contributed by atoms with Gasteiger partial charge in [0.2, 0.25) is 0 Å². The molecule has 0 aliphatic carbocycles. The molecule has 18 heavy (non-hydrogen) atoms. The van der Waals surface area contributed by atoms with Crippen molar-refractivity contribution in [2.24, 2.45) is 0 Å². The molecule has 0 radical (unpaired) electrons. The molecule has 1 nitrogen and oxygen atoms in total. The minimum Gasteiger partial charge on any atom is -0.298 e. The zero-order valence-corrected chi connectivity index (χ0v) is 10.5. The molecule has 0 aliphatic heterocycles. The van der Waals surface area contributed by atoms with Crippen molar-refractivity contribution in [3.05, 3.63) is 59.4 Å². The number of halogens is 1. The number of rotatable bonds is 3. The topological polar surface area (TPSA) is 17.1 Å². The summed E-state index contributed by atoms with van der Waals surface area (Å²) in [4.78, 5) is 10.8. The standard InChI is InChI=1S/C16H15FO/c1-11(2)13-4-3-5-14(9-13)15-8-12(10-18)6-7-16(15)17/h3-11H,1-2H3. The van der Waals surface area contributed by atoms with E-state index >= 15 is 0 Å². The molecular weight excluding hydrogens is 227 g/mol. The summed E-state index contributed by atoms with van der Waals surface area (Å²) in [5.41, 5.74) is 2.93. The Labute approximate surface area is 106 Å². The van der Waals surface area contributed by atoms with Gasteiger partial charge in [0.1, 0.15) is 12.1 Å². The van der Waals surface area contributed by atoms with Crippen molar-refractivity contribution in [2.45, 2.75) is 19.8 Å². The normalized spacial score (nSPS) is 10.7. The predicted molar refractivity (Wildman–Crippen MR) is 71.3 cm³/mol. The molecule has 0 saturated carbocycles. The van der Waals surface area contributed by atoms with Crippen LogP contribution >= 0.6 is 0 Å². The summed E-state index contributed by atoms with van der Waals surface area (Å²) in [6, 6.07) is 12.2. The Hall–Kier alpha value is -1.96. The lowest BCUT2D eigenvalue weighted by Gasteiger charge is -2.09. The number of aldehydes is 1. The fraction of sp³-hybridized carbons (Fsp3) is 0.188. The monoisotopic (exact) mass is 242 g/mol. The van der Waals surface area contributed by atoms with Crippen LogP contribution in [0.3, 0.4) is 0 Å². The smallest absolute Gasteiger partial charge is 0.150 e. The number of carbonyl (C=O) groups excluding carboxylic acids is 1. The minimum atomic E-state index is -0.304. The molecule has 0 unspecified atom stereocenters. The van der Waals surface area contributed by atoms with Crippen molar-refractivity contribution >= 4 is 6.29 Å². The lowest BCUT2D eigenvalue weighted by atomic mass is 9.96. The maximum atomic E-state index is 13.8. The van der Waals surface area contributed by atoms with Crippen LogP contribution in [0.5, 0.6) is 0 Å². The molecule has 0 aliphatic rings. The minimum absolute atomic E-state index is 0.304. The number of benzene rings is 2. The van der Waals surface area contributed by atoms with Gasteiger partial charge in [-0.05, 0) is 35.2 Å². The highest BCUT2D eigenvalue weighted by Crippen LogP contribution is 2.26. The van der Waals surface area contributed by atoms with E-state index in [2.05, 4.69) is 13.8 Å². The Bertz CT molecular complexity index is 573. The Morgan fingerprint density at radius 2 is 1.89 bits per heavy atom. The summed E-state index contributed by atoms with van der Waals surface area (Å²) in [5, 5.41) is 0. The van der Waals surface area contributed by atoms with Gasteiger partial charge in [0.05, 0.1) is 0 Å². The first-order valence-corrected chi connectivity index (χ1v) is 5.97. The molecule has 0 heterocycles. The van der Waals surface area contributed by atoms with E-state index in [-0.39, 0.29) is 5.82 Å². The molecule has 0 spiro atoms. The summed E-state index contributed by atoms with van der Waals surface area (Å²) < 4.78 is 13.8. The summed E-state index contributed by atoms with van der Waals surface area (Å²) in [6.07, 6.45) is 0.731. The molecule has 92 valence electrons. The van der Waals surface area contributed by atoms with Crippen molar-refractivity contribution in [1.82, 2.24) is 0 Å². The third-order valence-corrected chi connectivity index (χ3v) is 2.99. The van der Waals surface area contributed by atoms with Crippen molar-refractivity contribution in [3.63, 3.8) is 0 Å². The SMILES string of the molecule is CC(C)c1cccc(-c2cc(C=O)ccc2F)c1. The van der Waals surface area contributed by atoms with Gasteiger partial charge in [-0.1, -0.05) is 38.1 Å². The summed E-state index contributed by atoms with van der Waals surface area (Å²) in [6.45, 7) is 4.19. The van der Waals surface area contributed by atoms with Gasteiger partial charge >= 0.3 is 0 Å². The first kappa shape index (κ1) is 12.5. The quantitative estimate of drug-likeness (QED) is 0.728. The van der Waals surface area contributed by atoms with Crippen LogP contribution in [0.1, 0.15) is 35.7 Å². The third kappa shape index (κ3) is 2.48. The largest absolute Gasteiger partial charge is 0.298 e. The molecule has 2 rings (SSSR count). The summed E-state index contributed by atoms with van der Waals surface area (Å²) in [7, 11) is 0. The first-order chi connectivity index (χ1) is 8.61. The lowest BCUT2D eigenvalue weighted by molar-refractivity contribution is 0.112. The Morgan fingerprint density at radius 3 is 2.56 bits per heavy atom. The molecule has 0 bridgehead atoms. The van der Waals surface area contributed by atoms with Crippen molar-refractivity contribution in [2.75, 3.05) is 0 Å². The highest BCUT2D eigenvalue weighted by Gasteiger charge is 2.08. The van der Waals surface area contributed by atoms with Crippen molar-refractivity contribution < 1.29 is 9.18 Å². The second-order valence-electron chi connectivity index (χ2n) is 4.64. The van der Waals surface area contributed by atoms with Gasteiger partial charge in [0, 0.05) is 11.1 Å². The van der Waals surface area contributed by atoms with E-state index in [0.717, 1.165) is 17.4 Å². The van der Waals surface area contributed by atoms with Crippen LogP contribution in [0.15, 0.2) is 42.5 Å². The van der Waals surface area contributed by atoms with Gasteiger partial charge in [-0.3, -0.25) is 4.79 Å². The highest BCUT2D eigenvalue weighted by atomic mass is 19.1. The van der Waals surface area contributed by atoms with Gasteiger partial charge in [-0.15, -0.1) is 0 Å². The van der Waals surface area contributed by atoms with E-state index in [1.54, 1.807) is 6.07 Å². The number of carbonyl (C=O) groups is 1. The van der Waals surface area contributed by atoms with Gasteiger partial charge in [-0.25, -0.2) is 4.39 Å². The highest BCUT2D eigenvalue weighted by molar-refractivity contribution is 5.79. The number of hydrogen-bond donors (Lipinski definition) is 0. The summed E-state index contributed by atoms with van der Waals surface area (Å²) in [5.74, 6) is 0.0868. The molecule has 2 aromatic rings. The maximum Gasteiger partial charge on any atom is 0.150 e. The van der Waals surface area contributed by atoms with Crippen molar-refractivity contribution in [1.29, 1.82) is 0 Å². The van der Waals surface area contributed by atoms with E-state index in [1.807, 2.05) is 24.3 Å². The van der Waals surface area contributed by atoms with Gasteiger partial charge < -0.3 is 0 Å². The van der Waals surface area contributed by atoms with Crippen LogP contribution in [0, 0.1) is 5.82 Å². The zero-order chi connectivity index (χ0) is 13.1. The second kappa shape index (κ2) is 5.13. The Kier molecular flexibility index (Phi) is 3.56. The molecular formula is C16H15FO. The van der Waals surface area contributed by atoms with E-state index in [1.165, 1.54) is 12.1 Å². The average Bonchev–Trinajstić information content (AvgIpc) is 2.39. The fourth-order valence-corrected chi connectivity index (χ4v) is 1.90. The molecule has 0 fully saturated rings. The molecule has 0 N–H and O–H groups in total. The van der Waals surface area contributed by atoms with Gasteiger partial charge in [-0.2, -0.15) is 0 Å². The van der Waals surface area contributed by atoms with E-state index < -0.39 is 0 Å². The lowest BCUT2D eigenvalue weighted by Crippen LogP contribution is -1.91. The molecule has 0 atom stereocenters. The molecule has 0 saturated heterocycles. The second-order valence-corrected chi connectivity index (χ2v) is 4.64. The molecule has 0 aromatic heterocycles. The van der Waals surface area contributed by atoms with Crippen LogP contribution in [0.4, 0.5) is 4.39 Å². The Balaban J connectivity index is 2.54. The Morgan fingerprint density at radius 1 is 1.11 bits per heavy atom. The van der Waals surface area contributed by atoms with Crippen LogP contribution < -0.4 is 0 Å². The van der Waals surface area contributed by atoms with Crippen LogP contribution in [0.2, 0.25) is 0 Å². The molecule has 0 amide bonds. The van der Waals surface area contributed by atoms with E-state index in [9.17, 15) is 9.18 Å². The van der Waals surface area contributed by atoms with Gasteiger partial charge in [0.15, 0.2) is 0 Å².